The van der Waals surface area contributed by atoms with E-state index in [2.05, 4.69) is 6.58 Å². The van der Waals surface area contributed by atoms with Crippen molar-refractivity contribution >= 4 is 0 Å². The minimum absolute atomic E-state index is 0.154. The predicted molar refractivity (Wildman–Crippen MR) is 54.5 cm³/mol. The van der Waals surface area contributed by atoms with E-state index >= 15 is 0 Å². The normalized spacial score (nSPS) is 12.5. The molecule has 70 valence electrons. The Morgan fingerprint density at radius 3 is 2.69 bits per heavy atom. The Bertz CT molecular complexity index is 307. The van der Waals surface area contributed by atoms with Crippen LogP contribution >= 0.6 is 0 Å². The van der Waals surface area contributed by atoms with E-state index in [0.717, 1.165) is 11.1 Å². The van der Waals surface area contributed by atoms with Crippen LogP contribution < -0.4 is 5.73 Å². The summed E-state index contributed by atoms with van der Waals surface area (Å²) in [6, 6.07) is 6.98. The fourth-order valence-electron chi connectivity index (χ4n) is 1.29. The summed E-state index contributed by atoms with van der Waals surface area (Å²) in [6.07, 6.45) is 0.706. The Morgan fingerprint density at radius 1 is 1.54 bits per heavy atom. The van der Waals surface area contributed by atoms with E-state index in [1.54, 1.807) is 12.1 Å². The van der Waals surface area contributed by atoms with Crippen LogP contribution in [0, 0.1) is 0 Å². The molecule has 0 aromatic heterocycles. The van der Waals surface area contributed by atoms with Crippen LogP contribution in [0.4, 0.5) is 0 Å². The maximum Gasteiger partial charge on any atom is 0.120 e. The Morgan fingerprint density at radius 2 is 2.15 bits per heavy atom. The third-order valence-electron chi connectivity index (χ3n) is 1.90. The van der Waals surface area contributed by atoms with Gasteiger partial charge in [0.1, 0.15) is 5.75 Å². The van der Waals surface area contributed by atoms with E-state index in [0.29, 0.717) is 6.42 Å². The first-order valence-electron chi connectivity index (χ1n) is 4.29. The highest BCUT2D eigenvalue weighted by Crippen LogP contribution is 2.25. The van der Waals surface area contributed by atoms with Crippen LogP contribution in [0.15, 0.2) is 36.4 Å². The van der Waals surface area contributed by atoms with Gasteiger partial charge in [-0.15, -0.1) is 6.58 Å². The molecular formula is C11H15NO. The number of phenols is 1. The third kappa shape index (κ3) is 2.60. The Hall–Kier alpha value is -1.28. The lowest BCUT2D eigenvalue weighted by molar-refractivity contribution is 0.461. The van der Waals surface area contributed by atoms with Crippen LogP contribution in [0.3, 0.4) is 0 Å². The van der Waals surface area contributed by atoms with Gasteiger partial charge in [-0.05, 0) is 19.4 Å². The van der Waals surface area contributed by atoms with E-state index in [9.17, 15) is 5.11 Å². The van der Waals surface area contributed by atoms with Crippen molar-refractivity contribution in [3.63, 3.8) is 0 Å². The third-order valence-corrected chi connectivity index (χ3v) is 1.90. The van der Waals surface area contributed by atoms with E-state index in [4.69, 9.17) is 5.73 Å². The number of nitrogens with two attached hydrogens (primary N) is 1. The summed E-state index contributed by atoms with van der Waals surface area (Å²) in [4.78, 5) is 0. The van der Waals surface area contributed by atoms with Crippen LogP contribution in [0.2, 0.25) is 0 Å². The molecule has 2 heteroatoms. The molecule has 3 N–H and O–H groups in total. The number of aromatic hydroxyl groups is 1. The predicted octanol–water partition coefficient (Wildman–Crippen LogP) is 2.36. The zero-order valence-electron chi connectivity index (χ0n) is 7.83. The molecule has 0 aliphatic rings. The van der Waals surface area contributed by atoms with Crippen molar-refractivity contribution in [2.24, 2.45) is 5.73 Å². The number of hydrogen-bond acceptors (Lipinski definition) is 2. The van der Waals surface area contributed by atoms with Crippen LogP contribution in [0.1, 0.15) is 24.9 Å². The first-order valence-corrected chi connectivity index (χ1v) is 4.29. The van der Waals surface area contributed by atoms with Gasteiger partial charge in [0.15, 0.2) is 0 Å². The van der Waals surface area contributed by atoms with Crippen molar-refractivity contribution in [3.05, 3.63) is 42.0 Å². The van der Waals surface area contributed by atoms with Gasteiger partial charge in [0, 0.05) is 11.6 Å². The first kappa shape index (κ1) is 9.81. The summed E-state index contributed by atoms with van der Waals surface area (Å²) >= 11 is 0. The zero-order valence-corrected chi connectivity index (χ0v) is 7.83. The highest BCUT2D eigenvalue weighted by Gasteiger charge is 2.09. The fraction of sp³-hybridized carbons (Fsp3) is 0.273. The van der Waals surface area contributed by atoms with E-state index < -0.39 is 0 Å². The molecule has 0 saturated heterocycles. The smallest absolute Gasteiger partial charge is 0.120 e. The number of hydrogen-bond donors (Lipinski definition) is 2. The summed E-state index contributed by atoms with van der Waals surface area (Å²) in [5.41, 5.74) is 7.68. The highest BCUT2D eigenvalue weighted by atomic mass is 16.3. The molecule has 13 heavy (non-hydrogen) atoms. The van der Waals surface area contributed by atoms with Crippen LogP contribution in [0.5, 0.6) is 5.75 Å². The van der Waals surface area contributed by atoms with Crippen molar-refractivity contribution in [2.45, 2.75) is 19.4 Å². The average molecular weight is 177 g/mol. The van der Waals surface area contributed by atoms with Crippen molar-refractivity contribution < 1.29 is 5.11 Å². The van der Waals surface area contributed by atoms with Gasteiger partial charge in [0.2, 0.25) is 0 Å². The maximum atomic E-state index is 9.48. The van der Waals surface area contributed by atoms with Gasteiger partial charge < -0.3 is 10.8 Å². The van der Waals surface area contributed by atoms with Crippen molar-refractivity contribution in [1.29, 1.82) is 0 Å². The van der Waals surface area contributed by atoms with E-state index in [1.165, 1.54) is 0 Å². The molecule has 0 saturated carbocycles. The highest BCUT2D eigenvalue weighted by molar-refractivity contribution is 5.34. The topological polar surface area (TPSA) is 46.2 Å². The molecule has 0 radical (unpaired) electrons. The quantitative estimate of drug-likeness (QED) is 0.696. The SMILES string of the molecule is C=C(C)CC(N)c1ccccc1O. The lowest BCUT2D eigenvalue weighted by Crippen LogP contribution is -2.10. The van der Waals surface area contributed by atoms with Crippen molar-refractivity contribution in [1.82, 2.24) is 0 Å². The Labute approximate surface area is 78.7 Å². The van der Waals surface area contributed by atoms with E-state index in [-0.39, 0.29) is 11.8 Å². The van der Waals surface area contributed by atoms with Gasteiger partial charge in [0.05, 0.1) is 0 Å². The van der Waals surface area contributed by atoms with E-state index in [1.807, 2.05) is 19.1 Å². The average Bonchev–Trinajstić information content (AvgIpc) is 2.03. The molecule has 0 spiro atoms. The summed E-state index contributed by atoms with van der Waals surface area (Å²) in [7, 11) is 0. The lowest BCUT2D eigenvalue weighted by Gasteiger charge is -2.12. The molecule has 0 aliphatic heterocycles. The first-order chi connectivity index (χ1) is 6.11. The van der Waals surface area contributed by atoms with Gasteiger partial charge >= 0.3 is 0 Å². The van der Waals surface area contributed by atoms with Crippen LogP contribution in [0.25, 0.3) is 0 Å². The van der Waals surface area contributed by atoms with Gasteiger partial charge in [-0.3, -0.25) is 0 Å². The number of para-hydroxylation sites is 1. The Balaban J connectivity index is 2.82. The molecule has 1 unspecified atom stereocenters. The monoisotopic (exact) mass is 177 g/mol. The Kier molecular flexibility index (Phi) is 3.09. The second-order valence-corrected chi connectivity index (χ2v) is 3.33. The minimum atomic E-state index is -0.154. The molecule has 0 fully saturated rings. The summed E-state index contributed by atoms with van der Waals surface area (Å²) in [5, 5.41) is 9.48. The number of benzene rings is 1. The molecular weight excluding hydrogens is 162 g/mol. The van der Waals surface area contributed by atoms with Gasteiger partial charge in [-0.25, -0.2) is 0 Å². The molecule has 1 atom stereocenters. The second kappa shape index (κ2) is 4.10. The largest absolute Gasteiger partial charge is 0.508 e. The molecule has 0 heterocycles. The zero-order chi connectivity index (χ0) is 9.84. The maximum absolute atomic E-state index is 9.48. The number of phenolic OH excluding ortho intramolecular Hbond substituents is 1. The minimum Gasteiger partial charge on any atom is -0.508 e. The summed E-state index contributed by atoms with van der Waals surface area (Å²) < 4.78 is 0. The van der Waals surface area contributed by atoms with Crippen molar-refractivity contribution in [3.8, 4) is 5.75 Å². The number of rotatable bonds is 3. The van der Waals surface area contributed by atoms with Crippen molar-refractivity contribution in [2.75, 3.05) is 0 Å². The molecule has 2 nitrogen and oxygen atoms in total. The van der Waals surface area contributed by atoms with Gasteiger partial charge in [-0.1, -0.05) is 23.8 Å². The van der Waals surface area contributed by atoms with Crippen LogP contribution in [-0.4, -0.2) is 5.11 Å². The molecule has 0 aliphatic carbocycles. The second-order valence-electron chi connectivity index (χ2n) is 3.33. The molecule has 1 aromatic rings. The summed E-state index contributed by atoms with van der Waals surface area (Å²) in [5.74, 6) is 0.260. The van der Waals surface area contributed by atoms with Crippen LogP contribution in [-0.2, 0) is 0 Å². The lowest BCUT2D eigenvalue weighted by atomic mass is 10.0. The van der Waals surface area contributed by atoms with Gasteiger partial charge in [0.25, 0.3) is 0 Å². The molecule has 1 aromatic carbocycles. The molecule has 1 rings (SSSR count). The molecule has 0 amide bonds. The standard InChI is InChI=1S/C11H15NO/c1-8(2)7-10(12)9-5-3-4-6-11(9)13/h3-6,10,13H,1,7,12H2,2H3. The molecule has 0 bridgehead atoms. The van der Waals surface area contributed by atoms with Gasteiger partial charge in [-0.2, -0.15) is 0 Å². The fourth-order valence-corrected chi connectivity index (χ4v) is 1.29. The summed E-state index contributed by atoms with van der Waals surface area (Å²) in [6.45, 7) is 5.72.